The summed E-state index contributed by atoms with van der Waals surface area (Å²) in [5.41, 5.74) is -1.94. The fraction of sp³-hybridized carbons (Fsp3) is 0.833. The van der Waals surface area contributed by atoms with Gasteiger partial charge in [-0.25, -0.2) is 0 Å². The molecule has 0 aliphatic carbocycles. The summed E-state index contributed by atoms with van der Waals surface area (Å²) in [5.74, 6) is -0.544. The zero-order chi connectivity index (χ0) is 8.20. The van der Waals surface area contributed by atoms with E-state index in [-0.39, 0.29) is 6.42 Å². The Balaban J connectivity index is 4.17. The van der Waals surface area contributed by atoms with Gasteiger partial charge in [-0.05, 0) is 0 Å². The Kier molecular flexibility index (Phi) is 3.49. The van der Waals surface area contributed by atoms with Gasteiger partial charge in [-0.15, -0.1) is 0 Å². The number of Topliss-reactive ketones (excluding diaryl/α,β-unsaturated/α-hetero) is 1. The molecule has 0 aromatic heterocycles. The van der Waals surface area contributed by atoms with Crippen LogP contribution in [0.4, 0.5) is 0 Å². The van der Waals surface area contributed by atoms with Crippen molar-refractivity contribution in [2.45, 2.75) is 18.9 Å². The molecule has 10 heavy (non-hydrogen) atoms. The second-order valence-electron chi connectivity index (χ2n) is 2.12. The summed E-state index contributed by atoms with van der Waals surface area (Å²) in [6.07, 6.45) is 0.109. The van der Waals surface area contributed by atoms with E-state index < -0.39 is 24.6 Å². The Morgan fingerprint density at radius 3 is 1.90 bits per heavy atom. The molecule has 0 fully saturated rings. The maximum absolute atomic E-state index is 10.7. The van der Waals surface area contributed by atoms with Crippen LogP contribution in [0.25, 0.3) is 0 Å². The second kappa shape index (κ2) is 3.65. The van der Waals surface area contributed by atoms with Gasteiger partial charge in [0.2, 0.25) is 0 Å². The number of aliphatic hydroxyl groups excluding tert-OH is 2. The molecule has 0 heterocycles. The quantitative estimate of drug-likeness (QED) is 0.462. The Bertz CT molecular complexity index is 117. The molecule has 60 valence electrons. The van der Waals surface area contributed by atoms with Gasteiger partial charge >= 0.3 is 0 Å². The SMILES string of the molecule is CCC(=O)C(O)(CO)CO. The van der Waals surface area contributed by atoms with Crippen LogP contribution in [0.5, 0.6) is 0 Å². The molecule has 0 unspecified atom stereocenters. The second-order valence-corrected chi connectivity index (χ2v) is 2.12. The van der Waals surface area contributed by atoms with Crippen molar-refractivity contribution in [2.24, 2.45) is 0 Å². The van der Waals surface area contributed by atoms with Crippen molar-refractivity contribution in [3.05, 3.63) is 0 Å². The average molecular weight is 148 g/mol. The number of ketones is 1. The van der Waals surface area contributed by atoms with E-state index in [0.29, 0.717) is 0 Å². The maximum Gasteiger partial charge on any atom is 0.168 e. The molecule has 0 radical (unpaired) electrons. The van der Waals surface area contributed by atoms with Crippen LogP contribution in [0.2, 0.25) is 0 Å². The first-order valence-electron chi connectivity index (χ1n) is 3.08. The van der Waals surface area contributed by atoms with E-state index in [0.717, 1.165) is 0 Å². The fourth-order valence-electron chi connectivity index (χ4n) is 0.555. The lowest BCUT2D eigenvalue weighted by atomic mass is 9.99. The molecule has 0 atom stereocenters. The van der Waals surface area contributed by atoms with Crippen molar-refractivity contribution >= 4 is 5.78 Å². The summed E-state index contributed by atoms with van der Waals surface area (Å²) < 4.78 is 0. The summed E-state index contributed by atoms with van der Waals surface area (Å²) in [4.78, 5) is 10.7. The van der Waals surface area contributed by atoms with Gasteiger partial charge in [0.05, 0.1) is 13.2 Å². The summed E-state index contributed by atoms with van der Waals surface area (Å²) in [7, 11) is 0. The van der Waals surface area contributed by atoms with Gasteiger partial charge in [0.25, 0.3) is 0 Å². The minimum absolute atomic E-state index is 0.109. The third-order valence-electron chi connectivity index (χ3n) is 1.36. The van der Waals surface area contributed by atoms with Crippen molar-refractivity contribution in [3.63, 3.8) is 0 Å². The maximum atomic E-state index is 10.7. The fourth-order valence-corrected chi connectivity index (χ4v) is 0.555. The lowest BCUT2D eigenvalue weighted by Gasteiger charge is -2.20. The van der Waals surface area contributed by atoms with Crippen LogP contribution in [-0.4, -0.2) is 39.9 Å². The molecule has 0 aromatic carbocycles. The van der Waals surface area contributed by atoms with Crippen LogP contribution in [-0.2, 0) is 4.79 Å². The molecular weight excluding hydrogens is 136 g/mol. The third-order valence-corrected chi connectivity index (χ3v) is 1.36. The highest BCUT2D eigenvalue weighted by Gasteiger charge is 2.32. The Hall–Kier alpha value is -0.450. The lowest BCUT2D eigenvalue weighted by molar-refractivity contribution is -0.146. The molecule has 0 aliphatic rings. The largest absolute Gasteiger partial charge is 0.393 e. The zero-order valence-corrected chi connectivity index (χ0v) is 5.87. The van der Waals surface area contributed by atoms with Crippen LogP contribution in [0.1, 0.15) is 13.3 Å². The molecule has 0 saturated carbocycles. The normalized spacial score (nSPS) is 11.6. The minimum Gasteiger partial charge on any atom is -0.393 e. The van der Waals surface area contributed by atoms with Crippen LogP contribution in [0.15, 0.2) is 0 Å². The van der Waals surface area contributed by atoms with E-state index in [1.165, 1.54) is 0 Å². The molecule has 0 amide bonds. The van der Waals surface area contributed by atoms with Gasteiger partial charge in [0.15, 0.2) is 11.4 Å². The van der Waals surface area contributed by atoms with Crippen molar-refractivity contribution in [3.8, 4) is 0 Å². The van der Waals surface area contributed by atoms with Gasteiger partial charge < -0.3 is 15.3 Å². The van der Waals surface area contributed by atoms with E-state index in [4.69, 9.17) is 15.3 Å². The Labute approximate surface area is 59.1 Å². The van der Waals surface area contributed by atoms with Crippen molar-refractivity contribution in [1.82, 2.24) is 0 Å². The third kappa shape index (κ3) is 1.76. The number of aliphatic hydroxyl groups is 3. The molecule has 0 aliphatic heterocycles. The topological polar surface area (TPSA) is 77.8 Å². The van der Waals surface area contributed by atoms with Crippen LogP contribution in [0.3, 0.4) is 0 Å². The van der Waals surface area contributed by atoms with Crippen molar-refractivity contribution in [2.75, 3.05) is 13.2 Å². The number of rotatable bonds is 4. The van der Waals surface area contributed by atoms with Crippen LogP contribution < -0.4 is 0 Å². The highest BCUT2D eigenvalue weighted by Crippen LogP contribution is 2.05. The molecule has 3 N–H and O–H groups in total. The molecule has 0 bridgehead atoms. The lowest BCUT2D eigenvalue weighted by Crippen LogP contribution is -2.45. The van der Waals surface area contributed by atoms with Gasteiger partial charge in [-0.1, -0.05) is 6.92 Å². The number of hydrogen-bond donors (Lipinski definition) is 3. The number of hydrogen-bond acceptors (Lipinski definition) is 4. The average Bonchev–Trinajstić information content (AvgIpc) is 2.01. The first-order valence-corrected chi connectivity index (χ1v) is 3.08. The Morgan fingerprint density at radius 2 is 1.80 bits per heavy atom. The van der Waals surface area contributed by atoms with Gasteiger partial charge in [0, 0.05) is 6.42 Å². The first kappa shape index (κ1) is 9.55. The summed E-state index contributed by atoms with van der Waals surface area (Å²) in [6, 6.07) is 0. The highest BCUT2D eigenvalue weighted by molar-refractivity contribution is 5.87. The number of carbonyl (C=O) groups excluding carboxylic acids is 1. The van der Waals surface area contributed by atoms with Crippen LogP contribution >= 0.6 is 0 Å². The standard InChI is InChI=1S/C6H12O4/c1-2-5(9)6(10,3-7)4-8/h7-8,10H,2-4H2,1H3. The predicted octanol–water partition coefficient (Wildman–Crippen LogP) is -1.32. The van der Waals surface area contributed by atoms with Crippen LogP contribution in [0, 0.1) is 0 Å². The first-order chi connectivity index (χ1) is 4.60. The molecule has 0 aromatic rings. The molecule has 4 heteroatoms. The zero-order valence-electron chi connectivity index (χ0n) is 5.87. The smallest absolute Gasteiger partial charge is 0.168 e. The van der Waals surface area contributed by atoms with Gasteiger partial charge in [-0.3, -0.25) is 4.79 Å². The monoisotopic (exact) mass is 148 g/mol. The molecule has 0 spiro atoms. The Morgan fingerprint density at radius 1 is 1.40 bits per heavy atom. The highest BCUT2D eigenvalue weighted by atomic mass is 16.4. The van der Waals surface area contributed by atoms with Gasteiger partial charge in [-0.2, -0.15) is 0 Å². The minimum atomic E-state index is -1.94. The van der Waals surface area contributed by atoms with E-state index in [2.05, 4.69) is 0 Å². The molecule has 0 rings (SSSR count). The molecule has 4 nitrogen and oxygen atoms in total. The van der Waals surface area contributed by atoms with E-state index in [9.17, 15) is 4.79 Å². The van der Waals surface area contributed by atoms with E-state index in [1.54, 1.807) is 6.92 Å². The molecule has 0 saturated heterocycles. The predicted molar refractivity (Wildman–Crippen MR) is 34.4 cm³/mol. The van der Waals surface area contributed by atoms with Crippen molar-refractivity contribution in [1.29, 1.82) is 0 Å². The van der Waals surface area contributed by atoms with Gasteiger partial charge in [0.1, 0.15) is 0 Å². The summed E-state index contributed by atoms with van der Waals surface area (Å²) >= 11 is 0. The molecular formula is C6H12O4. The van der Waals surface area contributed by atoms with Crippen molar-refractivity contribution < 1.29 is 20.1 Å². The van der Waals surface area contributed by atoms with E-state index >= 15 is 0 Å². The number of carbonyl (C=O) groups is 1. The summed E-state index contributed by atoms with van der Waals surface area (Å²) in [5, 5.41) is 26.0. The van der Waals surface area contributed by atoms with E-state index in [1.807, 2.05) is 0 Å². The summed E-state index contributed by atoms with van der Waals surface area (Å²) in [6.45, 7) is 0.102.